The van der Waals surface area contributed by atoms with Crippen LogP contribution in [-0.2, 0) is 20.2 Å². The largest absolute Gasteiger partial charge is 1.00 e. The summed E-state index contributed by atoms with van der Waals surface area (Å²) in [5, 5.41) is 8.04. The fourth-order valence-electron chi connectivity index (χ4n) is 1.32. The molecule has 106 valence electrons. The SMILES string of the molecule is Cc1cc(Cl)c(S(=O)(=O)O)c(S(=O)(=O)O)c1[N+]#N.[Br-]. The molecule has 0 atom stereocenters. The zero-order valence-corrected chi connectivity index (χ0v) is 13.0. The molecule has 1 rings (SSSR count). The van der Waals surface area contributed by atoms with Crippen molar-refractivity contribution in [1.82, 2.24) is 0 Å². The number of hydrogen-bond acceptors (Lipinski definition) is 5. The van der Waals surface area contributed by atoms with Crippen molar-refractivity contribution < 1.29 is 42.9 Å². The predicted octanol–water partition coefficient (Wildman–Crippen LogP) is -1.37. The van der Waals surface area contributed by atoms with Gasteiger partial charge in [-0.15, -0.1) is 0 Å². The minimum atomic E-state index is -5.08. The van der Waals surface area contributed by atoms with Gasteiger partial charge < -0.3 is 17.0 Å². The van der Waals surface area contributed by atoms with Gasteiger partial charge in [0.1, 0.15) is 4.90 Å². The van der Waals surface area contributed by atoms with Gasteiger partial charge >= 0.3 is 15.8 Å². The zero-order chi connectivity index (χ0) is 14.3. The summed E-state index contributed by atoms with van der Waals surface area (Å²) in [6.07, 6.45) is 0. The van der Waals surface area contributed by atoms with Crippen LogP contribution in [0.1, 0.15) is 5.56 Å². The molecule has 12 heteroatoms. The highest BCUT2D eigenvalue weighted by molar-refractivity contribution is 7.89. The molecule has 0 unspecified atom stereocenters. The number of rotatable bonds is 2. The molecule has 2 N–H and O–H groups in total. The average molecular weight is 394 g/mol. The standard InChI is InChI=1S/C7H5ClN2O6S2.BrH/c1-3-2-4(8)6(17(11,12)13)7(5(3)10-9)18(14,15)16;/h2H,1H3,(H-,11,12,13,14,15,16);1H. The van der Waals surface area contributed by atoms with Gasteiger partial charge in [-0.25, -0.2) is 0 Å². The van der Waals surface area contributed by atoms with Gasteiger partial charge in [0.15, 0.2) is 4.98 Å². The quantitative estimate of drug-likeness (QED) is 0.467. The van der Waals surface area contributed by atoms with Gasteiger partial charge in [0.25, 0.3) is 10.1 Å². The van der Waals surface area contributed by atoms with Crippen LogP contribution in [-0.4, -0.2) is 25.9 Å². The number of halogens is 2. The van der Waals surface area contributed by atoms with Crippen LogP contribution in [0.15, 0.2) is 15.9 Å². The normalized spacial score (nSPS) is 11.5. The third kappa shape index (κ3) is 3.62. The first-order chi connectivity index (χ1) is 8.00. The second-order valence-corrected chi connectivity index (χ2v) is 6.36. The maximum atomic E-state index is 11.1. The molecule has 0 aromatic heterocycles. The fraction of sp³-hybridized carbons (Fsp3) is 0.143. The Labute approximate surface area is 124 Å². The molecule has 0 aliphatic heterocycles. The lowest BCUT2D eigenvalue weighted by Gasteiger charge is -2.05. The lowest BCUT2D eigenvalue weighted by molar-refractivity contribution is -0.0000121. The van der Waals surface area contributed by atoms with E-state index in [0.717, 1.165) is 6.07 Å². The highest BCUT2D eigenvalue weighted by atomic mass is 79.9. The molecule has 0 spiro atoms. The summed E-state index contributed by atoms with van der Waals surface area (Å²) in [5.74, 6) is 0. The van der Waals surface area contributed by atoms with E-state index in [1.54, 1.807) is 0 Å². The van der Waals surface area contributed by atoms with Crippen molar-refractivity contribution >= 4 is 37.5 Å². The Morgan fingerprint density at radius 3 is 1.89 bits per heavy atom. The number of hydrogen-bond donors (Lipinski definition) is 2. The Kier molecular flexibility index (Phi) is 5.46. The molecule has 1 aromatic rings. The van der Waals surface area contributed by atoms with Crippen molar-refractivity contribution in [1.29, 1.82) is 5.39 Å². The number of nitrogens with zero attached hydrogens (tertiary/aromatic N) is 2. The lowest BCUT2D eigenvalue weighted by Crippen LogP contribution is -3.00. The van der Waals surface area contributed by atoms with E-state index < -0.39 is 40.7 Å². The molecule has 0 aliphatic rings. The molecule has 0 radical (unpaired) electrons. The zero-order valence-electron chi connectivity index (χ0n) is 9.07. The van der Waals surface area contributed by atoms with Crippen LogP contribution >= 0.6 is 11.6 Å². The summed E-state index contributed by atoms with van der Waals surface area (Å²) in [6, 6.07) is 0.967. The van der Waals surface area contributed by atoms with E-state index in [-0.39, 0.29) is 22.5 Å². The summed E-state index contributed by atoms with van der Waals surface area (Å²) in [4.78, 5) is 0.0530. The van der Waals surface area contributed by atoms with Gasteiger partial charge in [0.2, 0.25) is 10.3 Å². The third-order valence-electron chi connectivity index (χ3n) is 1.97. The highest BCUT2D eigenvalue weighted by Gasteiger charge is 2.38. The van der Waals surface area contributed by atoms with E-state index in [1.165, 1.54) is 6.92 Å². The molecule has 0 amide bonds. The van der Waals surface area contributed by atoms with E-state index in [0.29, 0.717) is 0 Å². The van der Waals surface area contributed by atoms with Crippen LogP contribution in [0.5, 0.6) is 0 Å². The molecule has 0 aliphatic carbocycles. The van der Waals surface area contributed by atoms with Crippen LogP contribution in [0.3, 0.4) is 0 Å². The van der Waals surface area contributed by atoms with Gasteiger partial charge in [-0.2, -0.15) is 16.8 Å². The van der Waals surface area contributed by atoms with E-state index >= 15 is 0 Å². The predicted molar refractivity (Wildman–Crippen MR) is 60.6 cm³/mol. The monoisotopic (exact) mass is 392 g/mol. The molecule has 19 heavy (non-hydrogen) atoms. The molecule has 0 fully saturated rings. The number of aryl methyl sites for hydroxylation is 1. The van der Waals surface area contributed by atoms with Crippen LogP contribution in [0, 0.1) is 12.3 Å². The first-order valence-electron chi connectivity index (χ1n) is 4.13. The Bertz CT molecular complexity index is 768. The minimum absolute atomic E-state index is 0. The van der Waals surface area contributed by atoms with E-state index in [2.05, 4.69) is 4.98 Å². The van der Waals surface area contributed by atoms with Crippen molar-refractivity contribution in [2.45, 2.75) is 16.7 Å². The molecule has 0 saturated heterocycles. The minimum Gasteiger partial charge on any atom is -1.00 e. The second kappa shape index (κ2) is 5.70. The van der Waals surface area contributed by atoms with E-state index in [4.69, 9.17) is 26.1 Å². The van der Waals surface area contributed by atoms with Crippen LogP contribution in [0.25, 0.3) is 4.98 Å². The third-order valence-corrected chi connectivity index (χ3v) is 4.36. The van der Waals surface area contributed by atoms with E-state index in [9.17, 15) is 16.8 Å². The molecule has 1 aromatic carbocycles. The maximum Gasteiger partial charge on any atom is 0.410 e. The average Bonchev–Trinajstić information content (AvgIpc) is 2.12. The summed E-state index contributed by atoms with van der Waals surface area (Å²) >= 11 is 5.52. The highest BCUT2D eigenvalue weighted by Crippen LogP contribution is 2.38. The Hall–Kier alpha value is -0.770. The number of diazo groups is 1. The molecular weight excluding hydrogens is 388 g/mol. The van der Waals surface area contributed by atoms with Gasteiger partial charge in [-0.05, 0) is 13.0 Å². The lowest BCUT2D eigenvalue weighted by atomic mass is 10.2. The van der Waals surface area contributed by atoms with Crippen molar-refractivity contribution in [2.24, 2.45) is 0 Å². The summed E-state index contributed by atoms with van der Waals surface area (Å²) < 4.78 is 62.3. The van der Waals surface area contributed by atoms with Crippen LogP contribution < -0.4 is 17.0 Å². The smallest absolute Gasteiger partial charge is 0.410 e. The van der Waals surface area contributed by atoms with Crippen molar-refractivity contribution in [3.05, 3.63) is 21.6 Å². The molecule has 8 nitrogen and oxygen atoms in total. The van der Waals surface area contributed by atoms with E-state index in [1.807, 2.05) is 0 Å². The van der Waals surface area contributed by atoms with Crippen molar-refractivity contribution in [3.8, 4) is 0 Å². The summed E-state index contributed by atoms with van der Waals surface area (Å²) in [6.45, 7) is 1.27. The Morgan fingerprint density at radius 1 is 1.16 bits per heavy atom. The van der Waals surface area contributed by atoms with Crippen LogP contribution in [0.4, 0.5) is 5.69 Å². The fourth-order valence-corrected chi connectivity index (χ4v) is 3.99. The van der Waals surface area contributed by atoms with Gasteiger partial charge in [-0.1, -0.05) is 11.6 Å². The Balaban J connectivity index is 0.00000324. The topological polar surface area (TPSA) is 137 Å². The van der Waals surface area contributed by atoms with Crippen molar-refractivity contribution in [2.75, 3.05) is 0 Å². The van der Waals surface area contributed by atoms with Gasteiger partial charge in [0, 0.05) is 5.56 Å². The first kappa shape index (κ1) is 18.2. The molecule has 0 saturated carbocycles. The summed E-state index contributed by atoms with van der Waals surface area (Å²) in [7, 11) is -10.1. The molecule has 0 bridgehead atoms. The maximum absolute atomic E-state index is 11.1. The first-order valence-corrected chi connectivity index (χ1v) is 7.39. The Morgan fingerprint density at radius 2 is 1.58 bits per heavy atom. The summed E-state index contributed by atoms with van der Waals surface area (Å²) in [5.41, 5.74) is -0.739. The second-order valence-electron chi connectivity index (χ2n) is 3.23. The number of benzene rings is 1. The van der Waals surface area contributed by atoms with Crippen LogP contribution in [0.2, 0.25) is 5.02 Å². The van der Waals surface area contributed by atoms with Gasteiger partial charge in [-0.3, -0.25) is 9.11 Å². The molecule has 0 heterocycles. The molecular formula is C7H6BrClN2O6S2. The van der Waals surface area contributed by atoms with Gasteiger partial charge in [0.05, 0.1) is 5.02 Å². The van der Waals surface area contributed by atoms with Crippen molar-refractivity contribution in [3.63, 3.8) is 0 Å².